The molecule has 0 aliphatic carbocycles. The average molecular weight is 280 g/mol. The Morgan fingerprint density at radius 2 is 2.10 bits per heavy atom. The number of benzene rings is 1. The van der Waals surface area contributed by atoms with Crippen LogP contribution in [0.1, 0.15) is 13.3 Å². The molecule has 0 saturated heterocycles. The van der Waals surface area contributed by atoms with Gasteiger partial charge in [0.2, 0.25) is 5.91 Å². The van der Waals surface area contributed by atoms with Crippen LogP contribution in [0.2, 0.25) is 0 Å². The van der Waals surface area contributed by atoms with Crippen molar-refractivity contribution in [2.75, 3.05) is 32.1 Å². The van der Waals surface area contributed by atoms with Gasteiger partial charge in [0.1, 0.15) is 5.75 Å². The first-order valence-corrected chi connectivity index (χ1v) is 6.46. The fourth-order valence-electron chi connectivity index (χ4n) is 1.53. The quantitative estimate of drug-likeness (QED) is 0.552. The minimum atomic E-state index is -0.270. The summed E-state index contributed by atoms with van der Waals surface area (Å²) in [4.78, 5) is 22.7. The van der Waals surface area contributed by atoms with Crippen LogP contribution < -0.4 is 15.4 Å². The molecule has 20 heavy (non-hydrogen) atoms. The van der Waals surface area contributed by atoms with Gasteiger partial charge < -0.3 is 20.1 Å². The minimum absolute atomic E-state index is 0.136. The van der Waals surface area contributed by atoms with E-state index in [0.29, 0.717) is 24.6 Å². The molecule has 110 valence electrons. The molecule has 6 heteroatoms. The lowest BCUT2D eigenvalue weighted by atomic mass is 10.3. The standard InChI is InChI=1S/C14H20N2O4/c1-3-20-14(18)7-8-15-10-13(17)16-11-5-4-6-12(9-11)19-2/h4-6,9,15H,3,7-8,10H2,1-2H3,(H,16,17). The summed E-state index contributed by atoms with van der Waals surface area (Å²) in [5, 5.41) is 5.61. The predicted octanol–water partition coefficient (Wildman–Crippen LogP) is 1.18. The second-order valence-corrected chi connectivity index (χ2v) is 4.01. The second-order valence-electron chi connectivity index (χ2n) is 4.01. The number of hydrogen-bond donors (Lipinski definition) is 2. The molecule has 0 unspecified atom stereocenters. The molecule has 2 N–H and O–H groups in total. The van der Waals surface area contributed by atoms with Gasteiger partial charge in [0.25, 0.3) is 0 Å². The molecule has 0 radical (unpaired) electrons. The second kappa shape index (κ2) is 8.92. The Kier molecular flexibility index (Phi) is 7.13. The first-order valence-electron chi connectivity index (χ1n) is 6.46. The van der Waals surface area contributed by atoms with Gasteiger partial charge in [0.05, 0.1) is 26.7 Å². The molecule has 6 nitrogen and oxygen atoms in total. The molecule has 0 bridgehead atoms. The van der Waals surface area contributed by atoms with E-state index in [2.05, 4.69) is 10.6 Å². The van der Waals surface area contributed by atoms with E-state index in [1.165, 1.54) is 0 Å². The van der Waals surface area contributed by atoms with E-state index >= 15 is 0 Å². The fourth-order valence-corrected chi connectivity index (χ4v) is 1.53. The Hall–Kier alpha value is -2.08. The maximum Gasteiger partial charge on any atom is 0.307 e. The number of carbonyl (C=O) groups is 2. The third-order valence-electron chi connectivity index (χ3n) is 2.45. The highest BCUT2D eigenvalue weighted by Gasteiger charge is 2.04. The van der Waals surface area contributed by atoms with E-state index in [1.54, 1.807) is 38.3 Å². The molecule has 0 spiro atoms. The summed E-state index contributed by atoms with van der Waals surface area (Å²) in [6.45, 7) is 2.67. The molecule has 0 aliphatic heterocycles. The monoisotopic (exact) mass is 280 g/mol. The van der Waals surface area contributed by atoms with Crippen molar-refractivity contribution in [1.82, 2.24) is 5.32 Å². The van der Waals surface area contributed by atoms with Crippen molar-refractivity contribution < 1.29 is 19.1 Å². The van der Waals surface area contributed by atoms with E-state index < -0.39 is 0 Å². The van der Waals surface area contributed by atoms with Gasteiger partial charge in [-0.1, -0.05) is 6.07 Å². The van der Waals surface area contributed by atoms with Crippen LogP contribution in [-0.2, 0) is 14.3 Å². The highest BCUT2D eigenvalue weighted by atomic mass is 16.5. The van der Waals surface area contributed by atoms with Crippen LogP contribution >= 0.6 is 0 Å². The van der Waals surface area contributed by atoms with E-state index in [0.717, 1.165) is 0 Å². The van der Waals surface area contributed by atoms with Gasteiger partial charge in [0.15, 0.2) is 0 Å². The van der Waals surface area contributed by atoms with Crippen molar-refractivity contribution >= 4 is 17.6 Å². The normalized spacial score (nSPS) is 9.90. The first kappa shape index (κ1) is 16.0. The SMILES string of the molecule is CCOC(=O)CCNCC(=O)Nc1cccc(OC)c1. The van der Waals surface area contributed by atoms with E-state index in [-0.39, 0.29) is 24.8 Å². The summed E-state index contributed by atoms with van der Waals surface area (Å²) < 4.78 is 9.84. The number of amides is 1. The Bertz CT molecular complexity index is 449. The van der Waals surface area contributed by atoms with E-state index in [9.17, 15) is 9.59 Å². The lowest BCUT2D eigenvalue weighted by molar-refractivity contribution is -0.143. The molecule has 0 saturated carbocycles. The number of esters is 1. The fraction of sp³-hybridized carbons (Fsp3) is 0.429. The zero-order valence-corrected chi connectivity index (χ0v) is 11.8. The minimum Gasteiger partial charge on any atom is -0.497 e. The van der Waals surface area contributed by atoms with Crippen molar-refractivity contribution in [2.45, 2.75) is 13.3 Å². The van der Waals surface area contributed by atoms with Gasteiger partial charge in [-0.05, 0) is 19.1 Å². The molecular weight excluding hydrogens is 260 g/mol. The summed E-state index contributed by atoms with van der Waals surface area (Å²) in [5.41, 5.74) is 0.668. The average Bonchev–Trinajstić information content (AvgIpc) is 2.44. The smallest absolute Gasteiger partial charge is 0.307 e. The van der Waals surface area contributed by atoms with Gasteiger partial charge in [-0.2, -0.15) is 0 Å². The zero-order chi connectivity index (χ0) is 14.8. The zero-order valence-electron chi connectivity index (χ0n) is 11.8. The third-order valence-corrected chi connectivity index (χ3v) is 2.45. The topological polar surface area (TPSA) is 76.7 Å². The van der Waals surface area contributed by atoms with Crippen LogP contribution in [0.15, 0.2) is 24.3 Å². The van der Waals surface area contributed by atoms with Crippen molar-refractivity contribution in [3.05, 3.63) is 24.3 Å². The number of carbonyl (C=O) groups excluding carboxylic acids is 2. The predicted molar refractivity (Wildman–Crippen MR) is 75.7 cm³/mol. The number of nitrogens with one attached hydrogen (secondary N) is 2. The lowest BCUT2D eigenvalue weighted by Crippen LogP contribution is -2.29. The van der Waals surface area contributed by atoms with Gasteiger partial charge in [-0.3, -0.25) is 9.59 Å². The van der Waals surface area contributed by atoms with Crippen LogP contribution in [0, 0.1) is 0 Å². The summed E-state index contributed by atoms with van der Waals surface area (Å²) in [5.74, 6) is 0.230. The van der Waals surface area contributed by atoms with Crippen molar-refractivity contribution in [3.8, 4) is 5.75 Å². The van der Waals surface area contributed by atoms with Crippen molar-refractivity contribution in [3.63, 3.8) is 0 Å². The molecule has 0 heterocycles. The van der Waals surface area contributed by atoms with Gasteiger partial charge >= 0.3 is 5.97 Å². The third kappa shape index (κ3) is 6.19. The van der Waals surface area contributed by atoms with Crippen LogP contribution in [0.5, 0.6) is 5.75 Å². The molecule has 0 fully saturated rings. The van der Waals surface area contributed by atoms with E-state index in [1.807, 2.05) is 0 Å². The van der Waals surface area contributed by atoms with Crippen molar-refractivity contribution in [2.24, 2.45) is 0 Å². The lowest BCUT2D eigenvalue weighted by Gasteiger charge is -2.08. The molecular formula is C14H20N2O4. The molecule has 1 aromatic carbocycles. The Balaban J connectivity index is 2.24. The number of hydrogen-bond acceptors (Lipinski definition) is 5. The van der Waals surface area contributed by atoms with Crippen LogP contribution in [-0.4, -0.2) is 38.7 Å². The molecule has 0 aromatic heterocycles. The molecule has 0 atom stereocenters. The summed E-state index contributed by atoms with van der Waals surface area (Å²) in [6, 6.07) is 7.10. The first-order chi connectivity index (χ1) is 9.65. The van der Waals surface area contributed by atoms with Crippen molar-refractivity contribution in [1.29, 1.82) is 0 Å². The van der Waals surface area contributed by atoms with Gasteiger partial charge in [-0.15, -0.1) is 0 Å². The van der Waals surface area contributed by atoms with Crippen LogP contribution in [0.25, 0.3) is 0 Å². The highest BCUT2D eigenvalue weighted by Crippen LogP contribution is 2.16. The molecule has 0 aliphatic rings. The molecule has 1 aromatic rings. The van der Waals surface area contributed by atoms with Gasteiger partial charge in [0, 0.05) is 18.3 Å². The molecule has 1 amide bonds. The summed E-state index contributed by atoms with van der Waals surface area (Å²) in [6.07, 6.45) is 0.250. The van der Waals surface area contributed by atoms with Crippen LogP contribution in [0.4, 0.5) is 5.69 Å². The Labute approximate surface area is 118 Å². The number of rotatable bonds is 8. The summed E-state index contributed by atoms with van der Waals surface area (Å²) >= 11 is 0. The number of anilines is 1. The van der Waals surface area contributed by atoms with Gasteiger partial charge in [-0.25, -0.2) is 0 Å². The van der Waals surface area contributed by atoms with Crippen LogP contribution in [0.3, 0.4) is 0 Å². The van der Waals surface area contributed by atoms with E-state index in [4.69, 9.17) is 9.47 Å². The Morgan fingerprint density at radius 1 is 1.30 bits per heavy atom. The summed E-state index contributed by atoms with van der Waals surface area (Å²) in [7, 11) is 1.57. The highest BCUT2D eigenvalue weighted by molar-refractivity contribution is 5.92. The maximum atomic E-state index is 11.7. The number of ether oxygens (including phenoxy) is 2. The Morgan fingerprint density at radius 3 is 2.80 bits per heavy atom. The largest absolute Gasteiger partial charge is 0.497 e. The number of methoxy groups -OCH3 is 1. The maximum absolute atomic E-state index is 11.7. The molecule has 1 rings (SSSR count).